The van der Waals surface area contributed by atoms with Gasteiger partial charge >= 0.3 is 0 Å². The van der Waals surface area contributed by atoms with Crippen LogP contribution in [0, 0.1) is 0 Å². The Morgan fingerprint density at radius 1 is 1.00 bits per heavy atom. The summed E-state index contributed by atoms with van der Waals surface area (Å²) in [5.74, 6) is 0.105. The molecule has 0 aliphatic heterocycles. The van der Waals surface area contributed by atoms with Crippen LogP contribution in [-0.4, -0.2) is 38.8 Å². The summed E-state index contributed by atoms with van der Waals surface area (Å²) in [7, 11) is -2.41. The van der Waals surface area contributed by atoms with Gasteiger partial charge in [-0.1, -0.05) is 59.6 Å². The summed E-state index contributed by atoms with van der Waals surface area (Å²) in [4.78, 5) is 12.8. The molecule has 3 rings (SSSR count). The molecule has 0 atom stereocenters. The molecule has 0 heterocycles. The fraction of sp³-hybridized carbons (Fsp3) is 0.208. The summed E-state index contributed by atoms with van der Waals surface area (Å²) in [6, 6.07) is 20.6. The van der Waals surface area contributed by atoms with E-state index in [4.69, 9.17) is 27.9 Å². The predicted octanol–water partition coefficient (Wildman–Crippen LogP) is 4.55. The molecule has 0 saturated carbocycles. The Labute approximate surface area is 204 Å². The fourth-order valence-electron chi connectivity index (χ4n) is 3.15. The lowest BCUT2D eigenvalue weighted by Crippen LogP contribution is -2.41. The van der Waals surface area contributed by atoms with E-state index in [0.717, 1.165) is 5.56 Å². The number of hydrogen-bond donors (Lipinski definition) is 1. The van der Waals surface area contributed by atoms with Gasteiger partial charge in [-0.15, -0.1) is 0 Å². The van der Waals surface area contributed by atoms with E-state index in [1.54, 1.807) is 30.3 Å². The number of sulfonamides is 1. The standard InChI is InChI=1S/C24H24Cl2N2O4S/c1-32-21-9-11-22(12-10-21)33(30,31)28(14-13-18-5-3-2-4-6-18)17-24(29)27-16-19-7-8-20(25)15-23(19)26/h2-12,15H,13-14,16-17H2,1H3,(H,27,29). The van der Waals surface area contributed by atoms with Crippen LogP contribution in [0.5, 0.6) is 5.75 Å². The number of benzene rings is 3. The van der Waals surface area contributed by atoms with Crippen molar-refractivity contribution in [3.63, 3.8) is 0 Å². The smallest absolute Gasteiger partial charge is 0.243 e. The second-order valence-electron chi connectivity index (χ2n) is 7.26. The van der Waals surface area contributed by atoms with Crippen molar-refractivity contribution in [3.8, 4) is 5.75 Å². The molecule has 1 N–H and O–H groups in total. The lowest BCUT2D eigenvalue weighted by atomic mass is 10.1. The van der Waals surface area contributed by atoms with Gasteiger partial charge in [0.15, 0.2) is 0 Å². The second-order valence-corrected chi connectivity index (χ2v) is 10.0. The average Bonchev–Trinajstić information content (AvgIpc) is 2.81. The Hall–Kier alpha value is -2.58. The van der Waals surface area contributed by atoms with Crippen LogP contribution >= 0.6 is 23.2 Å². The minimum absolute atomic E-state index is 0.0879. The molecular weight excluding hydrogens is 483 g/mol. The van der Waals surface area contributed by atoms with Crippen molar-refractivity contribution in [1.29, 1.82) is 0 Å². The van der Waals surface area contributed by atoms with E-state index in [2.05, 4.69) is 5.32 Å². The van der Waals surface area contributed by atoms with Gasteiger partial charge in [0.05, 0.1) is 18.6 Å². The highest BCUT2D eigenvalue weighted by Gasteiger charge is 2.26. The lowest BCUT2D eigenvalue weighted by Gasteiger charge is -2.22. The molecule has 3 aromatic rings. The van der Waals surface area contributed by atoms with E-state index in [1.807, 2.05) is 30.3 Å². The zero-order valence-corrected chi connectivity index (χ0v) is 20.3. The Balaban J connectivity index is 1.75. The number of nitrogens with zero attached hydrogens (tertiary/aromatic N) is 1. The maximum atomic E-state index is 13.3. The SMILES string of the molecule is COc1ccc(S(=O)(=O)N(CCc2ccccc2)CC(=O)NCc2ccc(Cl)cc2Cl)cc1. The first-order valence-corrected chi connectivity index (χ1v) is 12.4. The number of carbonyl (C=O) groups excluding carboxylic acids is 1. The molecule has 0 bridgehead atoms. The minimum atomic E-state index is -3.91. The predicted molar refractivity (Wildman–Crippen MR) is 130 cm³/mol. The molecule has 6 nitrogen and oxygen atoms in total. The van der Waals surface area contributed by atoms with Crippen LogP contribution in [-0.2, 0) is 27.8 Å². The van der Waals surface area contributed by atoms with E-state index in [0.29, 0.717) is 27.8 Å². The third-order valence-electron chi connectivity index (χ3n) is 5.00. The summed E-state index contributed by atoms with van der Waals surface area (Å²) < 4.78 is 32.9. The van der Waals surface area contributed by atoms with Crippen LogP contribution in [0.15, 0.2) is 77.7 Å². The van der Waals surface area contributed by atoms with Gasteiger partial charge in [-0.3, -0.25) is 4.79 Å². The number of amides is 1. The van der Waals surface area contributed by atoms with Crippen LogP contribution in [0.25, 0.3) is 0 Å². The molecule has 0 aliphatic carbocycles. The maximum absolute atomic E-state index is 13.3. The second kappa shape index (κ2) is 11.5. The quantitative estimate of drug-likeness (QED) is 0.437. The summed E-state index contributed by atoms with van der Waals surface area (Å²) >= 11 is 12.1. The number of halogens is 2. The van der Waals surface area contributed by atoms with Crippen molar-refractivity contribution in [1.82, 2.24) is 9.62 Å². The van der Waals surface area contributed by atoms with Gasteiger partial charge in [-0.25, -0.2) is 8.42 Å². The third-order valence-corrected chi connectivity index (χ3v) is 7.45. The first kappa shape index (κ1) is 25.1. The van der Waals surface area contributed by atoms with Crippen molar-refractivity contribution in [2.75, 3.05) is 20.2 Å². The van der Waals surface area contributed by atoms with Gasteiger partial charge in [-0.05, 0) is 53.9 Å². The fourth-order valence-corrected chi connectivity index (χ4v) is 5.03. The van der Waals surface area contributed by atoms with Crippen molar-refractivity contribution < 1.29 is 17.9 Å². The molecule has 0 spiro atoms. The Kier molecular flexibility index (Phi) is 8.74. The summed E-state index contributed by atoms with van der Waals surface area (Å²) in [6.45, 7) is -0.0240. The molecule has 9 heteroatoms. The normalized spacial score (nSPS) is 11.4. The van der Waals surface area contributed by atoms with E-state index in [9.17, 15) is 13.2 Å². The van der Waals surface area contributed by atoms with Gasteiger partial charge in [-0.2, -0.15) is 4.31 Å². The van der Waals surface area contributed by atoms with Gasteiger partial charge in [0.1, 0.15) is 5.75 Å². The highest BCUT2D eigenvalue weighted by atomic mass is 35.5. The molecule has 0 radical (unpaired) electrons. The summed E-state index contributed by atoms with van der Waals surface area (Å²) in [6.07, 6.45) is 0.465. The summed E-state index contributed by atoms with van der Waals surface area (Å²) in [5, 5.41) is 3.66. The number of carbonyl (C=O) groups is 1. The number of ether oxygens (including phenoxy) is 1. The van der Waals surface area contributed by atoms with Gasteiger partial charge < -0.3 is 10.1 Å². The highest BCUT2D eigenvalue weighted by Crippen LogP contribution is 2.22. The van der Waals surface area contributed by atoms with Crippen LogP contribution in [0.3, 0.4) is 0 Å². The van der Waals surface area contributed by atoms with Crippen molar-refractivity contribution in [2.24, 2.45) is 0 Å². The molecule has 0 aromatic heterocycles. The lowest BCUT2D eigenvalue weighted by molar-refractivity contribution is -0.121. The van der Waals surface area contributed by atoms with Crippen LogP contribution in [0.1, 0.15) is 11.1 Å². The van der Waals surface area contributed by atoms with Crippen LogP contribution < -0.4 is 10.1 Å². The third kappa shape index (κ3) is 6.95. The van der Waals surface area contributed by atoms with E-state index in [-0.39, 0.29) is 24.5 Å². The van der Waals surface area contributed by atoms with Gasteiger partial charge in [0.2, 0.25) is 15.9 Å². The topological polar surface area (TPSA) is 75.7 Å². The summed E-state index contributed by atoms with van der Waals surface area (Å²) in [5.41, 5.74) is 1.66. The molecular formula is C24H24Cl2N2O4S. The first-order chi connectivity index (χ1) is 15.8. The minimum Gasteiger partial charge on any atom is -0.497 e. The average molecular weight is 507 g/mol. The molecule has 0 unspecified atom stereocenters. The Morgan fingerprint density at radius 3 is 2.33 bits per heavy atom. The molecule has 3 aromatic carbocycles. The van der Waals surface area contributed by atoms with Crippen molar-refractivity contribution >= 4 is 39.1 Å². The van der Waals surface area contributed by atoms with E-state index < -0.39 is 15.9 Å². The van der Waals surface area contributed by atoms with Gasteiger partial charge in [0, 0.05) is 23.1 Å². The van der Waals surface area contributed by atoms with Crippen LogP contribution in [0.4, 0.5) is 0 Å². The Bertz CT molecular complexity index is 1190. The van der Waals surface area contributed by atoms with E-state index in [1.165, 1.54) is 23.5 Å². The monoisotopic (exact) mass is 506 g/mol. The number of methoxy groups -OCH3 is 1. The molecule has 1 amide bonds. The Morgan fingerprint density at radius 2 is 1.70 bits per heavy atom. The molecule has 0 fully saturated rings. The number of hydrogen-bond acceptors (Lipinski definition) is 4. The largest absolute Gasteiger partial charge is 0.497 e. The molecule has 33 heavy (non-hydrogen) atoms. The van der Waals surface area contributed by atoms with Crippen LogP contribution in [0.2, 0.25) is 10.0 Å². The number of nitrogens with one attached hydrogen (secondary N) is 1. The molecule has 0 aliphatic rings. The zero-order chi connectivity index (χ0) is 23.8. The number of rotatable bonds is 10. The first-order valence-electron chi connectivity index (χ1n) is 10.2. The molecule has 174 valence electrons. The van der Waals surface area contributed by atoms with Crippen molar-refractivity contribution in [3.05, 3.63) is 94.0 Å². The van der Waals surface area contributed by atoms with Crippen molar-refractivity contribution in [2.45, 2.75) is 17.9 Å². The maximum Gasteiger partial charge on any atom is 0.243 e. The zero-order valence-electron chi connectivity index (χ0n) is 18.0. The highest BCUT2D eigenvalue weighted by molar-refractivity contribution is 7.89. The van der Waals surface area contributed by atoms with Gasteiger partial charge in [0.25, 0.3) is 0 Å². The van der Waals surface area contributed by atoms with E-state index >= 15 is 0 Å². The molecule has 0 saturated heterocycles.